The number of aryl methyl sites for hydroxylation is 1. The first-order valence-corrected chi connectivity index (χ1v) is 6.64. The van der Waals surface area contributed by atoms with Crippen LogP contribution in [0.1, 0.15) is 21.7 Å². The van der Waals surface area contributed by atoms with E-state index in [0.717, 1.165) is 24.3 Å². The second kappa shape index (κ2) is 5.38. The van der Waals surface area contributed by atoms with E-state index in [9.17, 15) is 18.0 Å². The SMILES string of the molecule is Cc1nc2ccc(NC(=O)c3ccc(C(F)(F)F)cc3)cn2n1. The minimum atomic E-state index is -4.43. The molecule has 3 aromatic rings. The van der Waals surface area contributed by atoms with Crippen molar-refractivity contribution in [1.82, 2.24) is 14.6 Å². The number of halogens is 3. The number of fused-ring (bicyclic) bond motifs is 1. The number of carbonyl (C=O) groups is 1. The molecule has 8 heteroatoms. The van der Waals surface area contributed by atoms with E-state index in [0.29, 0.717) is 17.2 Å². The zero-order valence-corrected chi connectivity index (χ0v) is 11.9. The summed E-state index contributed by atoms with van der Waals surface area (Å²) < 4.78 is 39.0. The van der Waals surface area contributed by atoms with Gasteiger partial charge >= 0.3 is 6.18 Å². The number of carbonyl (C=O) groups excluding carboxylic acids is 1. The van der Waals surface area contributed by atoms with Gasteiger partial charge in [0.25, 0.3) is 5.91 Å². The van der Waals surface area contributed by atoms with Gasteiger partial charge in [-0.05, 0) is 43.3 Å². The molecule has 0 aliphatic rings. The first-order valence-electron chi connectivity index (χ1n) is 6.64. The van der Waals surface area contributed by atoms with Crippen LogP contribution in [0.25, 0.3) is 5.65 Å². The van der Waals surface area contributed by atoms with Crippen LogP contribution in [0.3, 0.4) is 0 Å². The normalized spacial score (nSPS) is 11.7. The van der Waals surface area contributed by atoms with E-state index in [2.05, 4.69) is 15.4 Å². The predicted molar refractivity (Wildman–Crippen MR) is 77.1 cm³/mol. The van der Waals surface area contributed by atoms with Crippen molar-refractivity contribution in [3.63, 3.8) is 0 Å². The van der Waals surface area contributed by atoms with Gasteiger partial charge in [0.1, 0.15) is 5.82 Å². The van der Waals surface area contributed by atoms with Gasteiger partial charge in [0, 0.05) is 5.56 Å². The summed E-state index contributed by atoms with van der Waals surface area (Å²) in [5.74, 6) is 0.0890. The number of alkyl halides is 3. The van der Waals surface area contributed by atoms with Crippen molar-refractivity contribution in [1.29, 1.82) is 0 Å². The third kappa shape index (κ3) is 3.15. The Hall–Kier alpha value is -2.90. The highest BCUT2D eigenvalue weighted by molar-refractivity contribution is 6.04. The van der Waals surface area contributed by atoms with Gasteiger partial charge in [-0.15, -0.1) is 0 Å². The van der Waals surface area contributed by atoms with Crippen LogP contribution in [-0.4, -0.2) is 20.5 Å². The number of hydrogen-bond donors (Lipinski definition) is 1. The lowest BCUT2D eigenvalue weighted by Gasteiger charge is -2.08. The van der Waals surface area contributed by atoms with Gasteiger partial charge in [-0.2, -0.15) is 18.3 Å². The first kappa shape index (κ1) is 15.0. The highest BCUT2D eigenvalue weighted by Gasteiger charge is 2.30. The summed E-state index contributed by atoms with van der Waals surface area (Å²) in [6.45, 7) is 1.74. The molecule has 1 aromatic carbocycles. The minimum Gasteiger partial charge on any atom is -0.321 e. The predicted octanol–water partition coefficient (Wildman–Crippen LogP) is 3.31. The summed E-state index contributed by atoms with van der Waals surface area (Å²) in [4.78, 5) is 16.2. The number of nitrogens with one attached hydrogen (secondary N) is 1. The maximum Gasteiger partial charge on any atom is 0.416 e. The molecule has 23 heavy (non-hydrogen) atoms. The fraction of sp³-hybridized carbons (Fsp3) is 0.133. The van der Waals surface area contributed by atoms with Crippen molar-refractivity contribution in [3.05, 3.63) is 59.5 Å². The summed E-state index contributed by atoms with van der Waals surface area (Å²) in [6.07, 6.45) is -2.84. The molecule has 0 spiro atoms. The highest BCUT2D eigenvalue weighted by Crippen LogP contribution is 2.29. The molecule has 5 nitrogen and oxygen atoms in total. The summed E-state index contributed by atoms with van der Waals surface area (Å²) in [5, 5.41) is 6.73. The number of aromatic nitrogens is 3. The lowest BCUT2D eigenvalue weighted by atomic mass is 10.1. The molecule has 1 N–H and O–H groups in total. The van der Waals surface area contributed by atoms with Crippen molar-refractivity contribution in [2.24, 2.45) is 0 Å². The minimum absolute atomic E-state index is 0.132. The third-order valence-electron chi connectivity index (χ3n) is 3.17. The van der Waals surface area contributed by atoms with Crippen LogP contribution in [0.4, 0.5) is 18.9 Å². The van der Waals surface area contributed by atoms with Gasteiger partial charge in [-0.25, -0.2) is 9.50 Å². The molecule has 2 heterocycles. The Bertz CT molecular complexity index is 869. The van der Waals surface area contributed by atoms with Gasteiger partial charge in [-0.3, -0.25) is 4.79 Å². The molecular weight excluding hydrogens is 309 g/mol. The van der Waals surface area contributed by atoms with E-state index in [1.54, 1.807) is 25.3 Å². The van der Waals surface area contributed by atoms with Crippen molar-refractivity contribution < 1.29 is 18.0 Å². The van der Waals surface area contributed by atoms with Gasteiger partial charge in [-0.1, -0.05) is 0 Å². The van der Waals surface area contributed by atoms with Crippen molar-refractivity contribution >= 4 is 17.2 Å². The zero-order valence-electron chi connectivity index (χ0n) is 11.9. The molecule has 0 aliphatic heterocycles. The Kier molecular flexibility index (Phi) is 3.51. The quantitative estimate of drug-likeness (QED) is 0.788. The van der Waals surface area contributed by atoms with Gasteiger partial charge < -0.3 is 5.32 Å². The molecule has 118 valence electrons. The Balaban J connectivity index is 1.79. The standard InChI is InChI=1S/C15H11F3N4O/c1-9-19-13-7-6-12(8-22(13)21-9)20-14(23)10-2-4-11(5-3-10)15(16,17)18/h2-8H,1H3,(H,20,23). The van der Waals surface area contributed by atoms with Crippen LogP contribution < -0.4 is 5.32 Å². The molecule has 0 saturated heterocycles. The van der Waals surface area contributed by atoms with Crippen molar-refractivity contribution in [3.8, 4) is 0 Å². The average molecular weight is 320 g/mol. The number of rotatable bonds is 2. The number of anilines is 1. The molecule has 0 radical (unpaired) electrons. The van der Waals surface area contributed by atoms with Crippen LogP contribution >= 0.6 is 0 Å². The van der Waals surface area contributed by atoms with E-state index in [4.69, 9.17) is 0 Å². The Morgan fingerprint density at radius 2 is 1.83 bits per heavy atom. The fourth-order valence-electron chi connectivity index (χ4n) is 2.08. The molecule has 3 rings (SSSR count). The van der Waals surface area contributed by atoms with Gasteiger partial charge in [0.15, 0.2) is 5.65 Å². The van der Waals surface area contributed by atoms with Crippen LogP contribution in [0.5, 0.6) is 0 Å². The maximum atomic E-state index is 12.5. The number of pyridine rings is 1. The third-order valence-corrected chi connectivity index (χ3v) is 3.17. The van der Waals surface area contributed by atoms with Crippen LogP contribution in [-0.2, 0) is 6.18 Å². The largest absolute Gasteiger partial charge is 0.416 e. The topological polar surface area (TPSA) is 59.3 Å². The maximum absolute atomic E-state index is 12.5. The summed E-state index contributed by atoms with van der Waals surface area (Å²) >= 11 is 0. The lowest BCUT2D eigenvalue weighted by Crippen LogP contribution is -2.13. The van der Waals surface area contributed by atoms with Crippen LogP contribution in [0.15, 0.2) is 42.6 Å². The molecule has 0 aliphatic carbocycles. The smallest absolute Gasteiger partial charge is 0.321 e. The Labute approximate surface area is 128 Å². The highest BCUT2D eigenvalue weighted by atomic mass is 19.4. The molecule has 0 bridgehead atoms. The molecular formula is C15H11F3N4O. The van der Waals surface area contributed by atoms with E-state index < -0.39 is 17.6 Å². The van der Waals surface area contributed by atoms with Gasteiger partial charge in [0.05, 0.1) is 17.4 Å². The molecule has 0 fully saturated rings. The van der Waals surface area contributed by atoms with Crippen LogP contribution in [0.2, 0.25) is 0 Å². The summed E-state index contributed by atoms with van der Waals surface area (Å²) in [7, 11) is 0. The molecule has 1 amide bonds. The van der Waals surface area contributed by atoms with E-state index >= 15 is 0 Å². The first-order chi connectivity index (χ1) is 10.8. The van der Waals surface area contributed by atoms with Crippen molar-refractivity contribution in [2.45, 2.75) is 13.1 Å². The lowest BCUT2D eigenvalue weighted by molar-refractivity contribution is -0.137. The molecule has 0 saturated carbocycles. The second-order valence-electron chi connectivity index (χ2n) is 4.91. The number of amides is 1. The van der Waals surface area contributed by atoms with E-state index in [1.807, 2.05) is 0 Å². The average Bonchev–Trinajstić information content (AvgIpc) is 2.86. The van der Waals surface area contributed by atoms with E-state index in [-0.39, 0.29) is 5.56 Å². The van der Waals surface area contributed by atoms with Gasteiger partial charge in [0.2, 0.25) is 0 Å². The fourth-order valence-corrected chi connectivity index (χ4v) is 2.08. The summed E-state index contributed by atoms with van der Waals surface area (Å²) in [5.41, 5.74) is 0.434. The monoisotopic (exact) mass is 320 g/mol. The molecule has 0 unspecified atom stereocenters. The molecule has 0 atom stereocenters. The number of benzene rings is 1. The van der Waals surface area contributed by atoms with E-state index in [1.165, 1.54) is 4.52 Å². The number of nitrogens with zero attached hydrogens (tertiary/aromatic N) is 3. The zero-order chi connectivity index (χ0) is 16.6. The molecule has 2 aromatic heterocycles. The second-order valence-corrected chi connectivity index (χ2v) is 4.91. The Morgan fingerprint density at radius 1 is 1.13 bits per heavy atom. The summed E-state index contributed by atoms with van der Waals surface area (Å²) in [6, 6.07) is 7.35. The Morgan fingerprint density at radius 3 is 2.48 bits per heavy atom. The van der Waals surface area contributed by atoms with Crippen molar-refractivity contribution in [2.75, 3.05) is 5.32 Å². The van der Waals surface area contributed by atoms with Crippen LogP contribution in [0, 0.1) is 6.92 Å². The number of hydrogen-bond acceptors (Lipinski definition) is 3.